The summed E-state index contributed by atoms with van der Waals surface area (Å²) in [5, 5.41) is 0.791. The molecule has 4 heteroatoms. The molecule has 2 N–H and O–H groups in total. The van der Waals surface area contributed by atoms with E-state index in [4.69, 9.17) is 17.3 Å². The molecule has 0 spiro atoms. The molecule has 1 aromatic heterocycles. The number of para-hydroxylation sites is 1. The van der Waals surface area contributed by atoms with Gasteiger partial charge in [0.1, 0.15) is 16.5 Å². The zero-order chi connectivity index (χ0) is 9.42. The SMILES string of the molecule is Nc1cc(Cl)nc2c(F)cccc12. The Morgan fingerprint density at radius 2 is 2.15 bits per heavy atom. The van der Waals surface area contributed by atoms with E-state index < -0.39 is 5.82 Å². The molecular weight excluding hydrogens is 191 g/mol. The maximum absolute atomic E-state index is 13.2. The summed E-state index contributed by atoms with van der Waals surface area (Å²) in [6.07, 6.45) is 0. The molecule has 0 aliphatic carbocycles. The van der Waals surface area contributed by atoms with Crippen molar-refractivity contribution in [2.45, 2.75) is 0 Å². The van der Waals surface area contributed by atoms with Crippen LogP contribution in [-0.2, 0) is 0 Å². The van der Waals surface area contributed by atoms with E-state index in [0.717, 1.165) is 0 Å². The Kier molecular flexibility index (Phi) is 1.81. The second-order valence-electron chi connectivity index (χ2n) is 2.67. The van der Waals surface area contributed by atoms with Gasteiger partial charge in [-0.2, -0.15) is 0 Å². The molecule has 1 heterocycles. The van der Waals surface area contributed by atoms with E-state index in [0.29, 0.717) is 11.1 Å². The number of nitrogen functional groups attached to an aromatic ring is 1. The summed E-state index contributed by atoms with van der Waals surface area (Å²) in [6, 6.07) is 6.12. The number of hydrogen-bond acceptors (Lipinski definition) is 2. The molecule has 0 amide bonds. The molecule has 2 rings (SSSR count). The molecule has 1 aromatic carbocycles. The first kappa shape index (κ1) is 8.26. The third-order valence-electron chi connectivity index (χ3n) is 1.79. The van der Waals surface area contributed by atoms with Crippen LogP contribution in [0, 0.1) is 5.82 Å². The molecule has 0 fully saturated rings. The van der Waals surface area contributed by atoms with Crippen LogP contribution in [0.2, 0.25) is 5.15 Å². The van der Waals surface area contributed by atoms with Crippen molar-refractivity contribution in [2.24, 2.45) is 0 Å². The van der Waals surface area contributed by atoms with Gasteiger partial charge in [-0.25, -0.2) is 9.37 Å². The Morgan fingerprint density at radius 1 is 1.38 bits per heavy atom. The Balaban J connectivity index is 2.94. The van der Waals surface area contributed by atoms with E-state index >= 15 is 0 Å². The Bertz CT molecular complexity index is 470. The van der Waals surface area contributed by atoms with Crippen molar-refractivity contribution >= 4 is 28.2 Å². The highest BCUT2D eigenvalue weighted by Crippen LogP contribution is 2.24. The zero-order valence-corrected chi connectivity index (χ0v) is 7.35. The van der Waals surface area contributed by atoms with Gasteiger partial charge in [-0.15, -0.1) is 0 Å². The molecule has 2 nitrogen and oxygen atoms in total. The van der Waals surface area contributed by atoms with Crippen molar-refractivity contribution in [2.75, 3.05) is 5.73 Å². The number of aromatic nitrogens is 1. The summed E-state index contributed by atoms with van der Waals surface area (Å²) in [4.78, 5) is 3.85. The molecule has 2 aromatic rings. The number of nitrogens with zero attached hydrogens (tertiary/aromatic N) is 1. The van der Waals surface area contributed by atoms with Gasteiger partial charge in [0, 0.05) is 11.1 Å². The minimum atomic E-state index is -0.410. The average Bonchev–Trinajstić information content (AvgIpc) is 2.07. The maximum atomic E-state index is 13.2. The van der Waals surface area contributed by atoms with Crippen molar-refractivity contribution in [1.82, 2.24) is 4.98 Å². The third-order valence-corrected chi connectivity index (χ3v) is 1.98. The summed E-state index contributed by atoms with van der Waals surface area (Å²) < 4.78 is 13.2. The number of pyridine rings is 1. The van der Waals surface area contributed by atoms with Crippen LogP contribution in [0.5, 0.6) is 0 Å². The number of fused-ring (bicyclic) bond motifs is 1. The van der Waals surface area contributed by atoms with Gasteiger partial charge in [0.05, 0.1) is 0 Å². The van der Waals surface area contributed by atoms with Crippen molar-refractivity contribution in [3.63, 3.8) is 0 Å². The molecule has 0 bridgehead atoms. The number of rotatable bonds is 0. The minimum absolute atomic E-state index is 0.204. The lowest BCUT2D eigenvalue weighted by Gasteiger charge is -2.02. The van der Waals surface area contributed by atoms with E-state index in [1.165, 1.54) is 12.1 Å². The van der Waals surface area contributed by atoms with Crippen LogP contribution in [0.25, 0.3) is 10.9 Å². The van der Waals surface area contributed by atoms with Gasteiger partial charge in [-0.3, -0.25) is 0 Å². The predicted molar refractivity (Wildman–Crippen MR) is 51.1 cm³/mol. The number of anilines is 1. The highest BCUT2D eigenvalue weighted by Gasteiger charge is 2.05. The molecule has 66 valence electrons. The van der Waals surface area contributed by atoms with Crippen molar-refractivity contribution in [3.05, 3.63) is 35.2 Å². The Morgan fingerprint density at radius 3 is 2.92 bits per heavy atom. The van der Waals surface area contributed by atoms with Gasteiger partial charge in [0.15, 0.2) is 0 Å². The van der Waals surface area contributed by atoms with Gasteiger partial charge in [-0.05, 0) is 12.1 Å². The smallest absolute Gasteiger partial charge is 0.149 e. The summed E-state index contributed by atoms with van der Waals surface area (Å²) >= 11 is 5.64. The normalized spacial score (nSPS) is 10.6. The molecule has 0 radical (unpaired) electrons. The first-order valence-electron chi connectivity index (χ1n) is 3.69. The van der Waals surface area contributed by atoms with Crippen LogP contribution in [0.1, 0.15) is 0 Å². The number of halogens is 2. The van der Waals surface area contributed by atoms with E-state index in [-0.39, 0.29) is 10.7 Å². The third kappa shape index (κ3) is 1.31. The van der Waals surface area contributed by atoms with Crippen molar-refractivity contribution in [3.8, 4) is 0 Å². The number of nitrogens with two attached hydrogens (primary N) is 1. The van der Waals surface area contributed by atoms with Crippen LogP contribution >= 0.6 is 11.6 Å². The highest BCUT2D eigenvalue weighted by molar-refractivity contribution is 6.30. The van der Waals surface area contributed by atoms with E-state index in [1.807, 2.05) is 0 Å². The maximum Gasteiger partial charge on any atom is 0.149 e. The molecule has 0 aliphatic heterocycles. The van der Waals surface area contributed by atoms with Crippen LogP contribution in [-0.4, -0.2) is 4.98 Å². The van der Waals surface area contributed by atoms with Gasteiger partial charge in [-0.1, -0.05) is 23.7 Å². The monoisotopic (exact) mass is 196 g/mol. The van der Waals surface area contributed by atoms with Gasteiger partial charge in [0.2, 0.25) is 0 Å². The molecule has 13 heavy (non-hydrogen) atoms. The van der Waals surface area contributed by atoms with Crippen molar-refractivity contribution in [1.29, 1.82) is 0 Å². The fourth-order valence-corrected chi connectivity index (χ4v) is 1.41. The fraction of sp³-hybridized carbons (Fsp3) is 0. The largest absolute Gasteiger partial charge is 0.398 e. The van der Waals surface area contributed by atoms with E-state index in [2.05, 4.69) is 4.98 Å². The molecule has 0 aliphatic rings. The Labute approximate surface area is 79.1 Å². The quantitative estimate of drug-likeness (QED) is 0.658. The van der Waals surface area contributed by atoms with Gasteiger partial charge < -0.3 is 5.73 Å². The molecular formula is C9H6ClFN2. The molecule has 0 unspecified atom stereocenters. The zero-order valence-electron chi connectivity index (χ0n) is 6.59. The molecule has 0 saturated heterocycles. The summed E-state index contributed by atoms with van der Waals surface area (Å²) in [7, 11) is 0. The fourth-order valence-electron chi connectivity index (χ4n) is 1.21. The minimum Gasteiger partial charge on any atom is -0.398 e. The summed E-state index contributed by atoms with van der Waals surface area (Å²) in [5.41, 5.74) is 6.29. The van der Waals surface area contributed by atoms with Gasteiger partial charge in [0.25, 0.3) is 0 Å². The van der Waals surface area contributed by atoms with Crippen LogP contribution < -0.4 is 5.73 Å². The van der Waals surface area contributed by atoms with Crippen molar-refractivity contribution < 1.29 is 4.39 Å². The van der Waals surface area contributed by atoms with E-state index in [1.54, 1.807) is 12.1 Å². The van der Waals surface area contributed by atoms with Crippen LogP contribution in [0.3, 0.4) is 0 Å². The molecule has 0 saturated carbocycles. The second kappa shape index (κ2) is 2.85. The second-order valence-corrected chi connectivity index (χ2v) is 3.06. The lowest BCUT2D eigenvalue weighted by atomic mass is 10.2. The summed E-state index contributed by atoms with van der Waals surface area (Å²) in [6.45, 7) is 0. The average molecular weight is 197 g/mol. The highest BCUT2D eigenvalue weighted by atomic mass is 35.5. The predicted octanol–water partition coefficient (Wildman–Crippen LogP) is 2.61. The first-order valence-corrected chi connectivity index (χ1v) is 4.06. The summed E-state index contributed by atoms with van der Waals surface area (Å²) in [5.74, 6) is -0.410. The first-order chi connectivity index (χ1) is 6.18. The van der Waals surface area contributed by atoms with Crippen LogP contribution in [0.15, 0.2) is 24.3 Å². The molecule has 0 atom stereocenters. The van der Waals surface area contributed by atoms with E-state index in [9.17, 15) is 4.39 Å². The standard InChI is InChI=1S/C9H6ClFN2/c10-8-4-7(12)5-2-1-3-6(11)9(5)13-8/h1-4H,(H2,12,13). The number of benzene rings is 1. The lowest BCUT2D eigenvalue weighted by Crippen LogP contribution is -1.91. The topological polar surface area (TPSA) is 38.9 Å². The van der Waals surface area contributed by atoms with Crippen LogP contribution in [0.4, 0.5) is 10.1 Å². The number of hydrogen-bond donors (Lipinski definition) is 1. The van der Waals surface area contributed by atoms with Gasteiger partial charge >= 0.3 is 0 Å². The lowest BCUT2D eigenvalue weighted by molar-refractivity contribution is 0.637. The Hall–Kier alpha value is -1.35.